The van der Waals surface area contributed by atoms with E-state index in [1.807, 2.05) is 19.1 Å². The van der Waals surface area contributed by atoms with Crippen LogP contribution in [0.15, 0.2) is 36.9 Å². The van der Waals surface area contributed by atoms with Gasteiger partial charge < -0.3 is 10.4 Å². The lowest BCUT2D eigenvalue weighted by molar-refractivity contribution is 0.468. The first-order chi connectivity index (χ1) is 10.8. The quantitative estimate of drug-likeness (QED) is 0.751. The normalized spacial score (nSPS) is 10.8. The van der Waals surface area contributed by atoms with Crippen LogP contribution in [-0.4, -0.2) is 31.6 Å². The summed E-state index contributed by atoms with van der Waals surface area (Å²) in [5, 5.41) is 13.0. The van der Waals surface area contributed by atoms with E-state index < -0.39 is 0 Å². The predicted octanol–water partition coefficient (Wildman–Crippen LogP) is 2.34. The van der Waals surface area contributed by atoms with Crippen molar-refractivity contribution in [1.29, 1.82) is 0 Å². The smallest absolute Gasteiger partial charge is 0.183 e. The Bertz CT molecular complexity index is 785. The van der Waals surface area contributed by atoms with Gasteiger partial charge in [-0.05, 0) is 30.0 Å². The number of benzene rings is 1. The minimum absolute atomic E-state index is 0.358. The van der Waals surface area contributed by atoms with Crippen LogP contribution in [0.4, 0.5) is 5.82 Å². The number of phenols is 1. The summed E-state index contributed by atoms with van der Waals surface area (Å²) in [5.74, 6) is 1.05. The van der Waals surface area contributed by atoms with Crippen LogP contribution in [0.1, 0.15) is 18.1 Å². The molecule has 2 N–H and O–H groups in total. The van der Waals surface area contributed by atoms with Crippen molar-refractivity contribution < 1.29 is 5.11 Å². The number of nitrogens with zero attached hydrogens (tertiary/aromatic N) is 4. The van der Waals surface area contributed by atoms with E-state index in [1.54, 1.807) is 18.5 Å². The molecule has 0 fully saturated rings. The maximum Gasteiger partial charge on any atom is 0.183 e. The van der Waals surface area contributed by atoms with E-state index in [0.717, 1.165) is 24.9 Å². The minimum atomic E-state index is 0.358. The minimum Gasteiger partial charge on any atom is -0.508 e. The highest BCUT2D eigenvalue weighted by Gasteiger charge is 2.05. The molecule has 0 unspecified atom stereocenters. The molecule has 0 bridgehead atoms. The Hall–Kier alpha value is -2.76. The predicted molar refractivity (Wildman–Crippen MR) is 84.8 cm³/mol. The topological polar surface area (TPSA) is 83.8 Å². The first-order valence-electron chi connectivity index (χ1n) is 7.24. The molecule has 0 amide bonds. The second kappa shape index (κ2) is 6.34. The zero-order valence-corrected chi connectivity index (χ0v) is 12.3. The van der Waals surface area contributed by atoms with Gasteiger partial charge >= 0.3 is 0 Å². The molecule has 0 spiro atoms. The van der Waals surface area contributed by atoms with Crippen LogP contribution >= 0.6 is 0 Å². The Labute approximate surface area is 128 Å². The third-order valence-electron chi connectivity index (χ3n) is 3.50. The molecule has 22 heavy (non-hydrogen) atoms. The highest BCUT2D eigenvalue weighted by atomic mass is 16.3. The number of aryl methyl sites for hydroxylation is 1. The van der Waals surface area contributed by atoms with E-state index in [9.17, 15) is 5.11 Å². The van der Waals surface area contributed by atoms with Crippen molar-refractivity contribution in [1.82, 2.24) is 19.9 Å². The SMILES string of the molecule is CCc1cc(CCNc2ncnc3nccnc23)ccc1O. The number of anilines is 1. The number of rotatable bonds is 5. The van der Waals surface area contributed by atoms with Crippen LogP contribution in [0.3, 0.4) is 0 Å². The molecule has 0 radical (unpaired) electrons. The van der Waals surface area contributed by atoms with E-state index in [0.29, 0.717) is 22.7 Å². The van der Waals surface area contributed by atoms with Gasteiger partial charge in [-0.3, -0.25) is 0 Å². The third kappa shape index (κ3) is 2.95. The Morgan fingerprint density at radius 3 is 2.82 bits per heavy atom. The average molecular weight is 295 g/mol. The van der Waals surface area contributed by atoms with Crippen LogP contribution < -0.4 is 5.32 Å². The lowest BCUT2D eigenvalue weighted by Crippen LogP contribution is -2.08. The summed E-state index contributed by atoms with van der Waals surface area (Å²) in [6.07, 6.45) is 6.37. The van der Waals surface area contributed by atoms with E-state index in [2.05, 4.69) is 25.3 Å². The molecule has 1 aromatic carbocycles. The Morgan fingerprint density at radius 1 is 1.09 bits per heavy atom. The van der Waals surface area contributed by atoms with Gasteiger partial charge in [0, 0.05) is 18.9 Å². The first kappa shape index (κ1) is 14.2. The van der Waals surface area contributed by atoms with Crippen LogP contribution in [0.5, 0.6) is 5.75 Å². The maximum atomic E-state index is 9.71. The van der Waals surface area contributed by atoms with Crippen LogP contribution in [0.2, 0.25) is 0 Å². The Morgan fingerprint density at radius 2 is 1.95 bits per heavy atom. The average Bonchev–Trinajstić information content (AvgIpc) is 2.56. The van der Waals surface area contributed by atoms with Gasteiger partial charge in [0.1, 0.15) is 17.6 Å². The molecule has 6 nitrogen and oxygen atoms in total. The molecule has 0 saturated heterocycles. The van der Waals surface area contributed by atoms with Crippen molar-refractivity contribution in [2.24, 2.45) is 0 Å². The van der Waals surface area contributed by atoms with Crippen LogP contribution in [0.25, 0.3) is 11.2 Å². The number of fused-ring (bicyclic) bond motifs is 1. The van der Waals surface area contributed by atoms with Gasteiger partial charge in [0.15, 0.2) is 11.5 Å². The van der Waals surface area contributed by atoms with Gasteiger partial charge in [-0.2, -0.15) is 0 Å². The highest BCUT2D eigenvalue weighted by Crippen LogP contribution is 2.19. The molecule has 2 heterocycles. The van der Waals surface area contributed by atoms with Crippen molar-refractivity contribution in [3.8, 4) is 5.75 Å². The van der Waals surface area contributed by atoms with E-state index >= 15 is 0 Å². The lowest BCUT2D eigenvalue weighted by Gasteiger charge is -2.08. The molecule has 3 aromatic rings. The molecule has 3 rings (SSSR count). The monoisotopic (exact) mass is 295 g/mol. The van der Waals surface area contributed by atoms with Crippen molar-refractivity contribution in [3.63, 3.8) is 0 Å². The molecule has 0 aliphatic carbocycles. The zero-order chi connectivity index (χ0) is 15.4. The number of nitrogens with one attached hydrogen (secondary N) is 1. The van der Waals surface area contributed by atoms with Crippen molar-refractivity contribution in [2.75, 3.05) is 11.9 Å². The fourth-order valence-electron chi connectivity index (χ4n) is 2.33. The summed E-state index contributed by atoms with van der Waals surface area (Å²) < 4.78 is 0. The van der Waals surface area contributed by atoms with Gasteiger partial charge in [0.2, 0.25) is 0 Å². The molecule has 0 saturated carbocycles. The second-order valence-corrected chi connectivity index (χ2v) is 4.94. The molecular formula is C16H17N5O. The number of aromatic hydroxyl groups is 1. The van der Waals surface area contributed by atoms with Crippen molar-refractivity contribution in [2.45, 2.75) is 19.8 Å². The van der Waals surface area contributed by atoms with Gasteiger partial charge in [-0.15, -0.1) is 0 Å². The number of aromatic nitrogens is 4. The van der Waals surface area contributed by atoms with Crippen molar-refractivity contribution >= 4 is 17.0 Å². The fourth-order valence-corrected chi connectivity index (χ4v) is 2.33. The summed E-state index contributed by atoms with van der Waals surface area (Å²) in [7, 11) is 0. The maximum absolute atomic E-state index is 9.71. The number of hydrogen-bond donors (Lipinski definition) is 2. The fraction of sp³-hybridized carbons (Fsp3) is 0.250. The zero-order valence-electron chi connectivity index (χ0n) is 12.3. The molecular weight excluding hydrogens is 278 g/mol. The number of phenolic OH excluding ortho intramolecular Hbond substituents is 1. The standard InChI is InChI=1S/C16H17N5O/c1-2-12-9-11(3-4-13(12)22)5-6-18-15-14-16(21-10-20-15)19-8-7-17-14/h3-4,7-10,22H,2,5-6H2,1H3,(H,18,19,20,21). The largest absolute Gasteiger partial charge is 0.508 e. The molecule has 0 aliphatic rings. The Balaban J connectivity index is 1.70. The molecule has 6 heteroatoms. The van der Waals surface area contributed by atoms with Crippen LogP contribution in [0, 0.1) is 0 Å². The van der Waals surface area contributed by atoms with Gasteiger partial charge in [-0.1, -0.05) is 19.1 Å². The molecule has 0 aliphatic heterocycles. The van der Waals surface area contributed by atoms with E-state index in [-0.39, 0.29) is 0 Å². The molecule has 112 valence electrons. The summed E-state index contributed by atoms with van der Waals surface area (Å²) in [4.78, 5) is 16.7. The van der Waals surface area contributed by atoms with Crippen LogP contribution in [-0.2, 0) is 12.8 Å². The van der Waals surface area contributed by atoms with Crippen molar-refractivity contribution in [3.05, 3.63) is 48.0 Å². The summed E-state index contributed by atoms with van der Waals surface area (Å²) in [5.41, 5.74) is 3.39. The van der Waals surface area contributed by atoms with E-state index in [1.165, 1.54) is 11.9 Å². The van der Waals surface area contributed by atoms with Gasteiger partial charge in [-0.25, -0.2) is 19.9 Å². The summed E-state index contributed by atoms with van der Waals surface area (Å²) in [6.45, 7) is 2.75. The summed E-state index contributed by atoms with van der Waals surface area (Å²) in [6, 6.07) is 5.72. The van der Waals surface area contributed by atoms with E-state index in [4.69, 9.17) is 0 Å². The third-order valence-corrected chi connectivity index (χ3v) is 3.50. The second-order valence-electron chi connectivity index (χ2n) is 4.94. The Kier molecular flexibility index (Phi) is 4.09. The highest BCUT2D eigenvalue weighted by molar-refractivity contribution is 5.81. The summed E-state index contributed by atoms with van der Waals surface area (Å²) >= 11 is 0. The molecule has 0 atom stereocenters. The van der Waals surface area contributed by atoms with Gasteiger partial charge in [0.05, 0.1) is 0 Å². The lowest BCUT2D eigenvalue weighted by atomic mass is 10.1. The first-order valence-corrected chi connectivity index (χ1v) is 7.24. The van der Waals surface area contributed by atoms with Gasteiger partial charge in [0.25, 0.3) is 0 Å². The number of hydrogen-bond acceptors (Lipinski definition) is 6. The molecule has 2 aromatic heterocycles.